The van der Waals surface area contributed by atoms with Crippen LogP contribution in [0.1, 0.15) is 11.1 Å². The van der Waals surface area contributed by atoms with Gasteiger partial charge in [0.15, 0.2) is 0 Å². The summed E-state index contributed by atoms with van der Waals surface area (Å²) in [5, 5.41) is 9.32. The summed E-state index contributed by atoms with van der Waals surface area (Å²) in [6.07, 6.45) is -0.0286. The number of rotatable bonds is 4. The normalized spacial score (nSPS) is 10.2. The maximum absolute atomic E-state index is 10.7. The van der Waals surface area contributed by atoms with Crippen molar-refractivity contribution < 1.29 is 14.6 Å². The van der Waals surface area contributed by atoms with Crippen molar-refractivity contribution in [3.05, 3.63) is 58.6 Å². The first-order valence-electron chi connectivity index (χ1n) is 5.80. The van der Waals surface area contributed by atoms with Crippen LogP contribution in [0.15, 0.2) is 42.5 Å². The summed E-state index contributed by atoms with van der Waals surface area (Å²) in [5.74, 6) is 0.305. The van der Waals surface area contributed by atoms with Crippen LogP contribution in [0.3, 0.4) is 0 Å². The number of carboxylic acids is 1. The zero-order chi connectivity index (χ0) is 13.8. The summed E-state index contributed by atoms with van der Waals surface area (Å²) in [6.45, 7) is 1.90. The number of halogens is 1. The molecule has 3 nitrogen and oxygen atoms in total. The van der Waals surface area contributed by atoms with Gasteiger partial charge in [-0.1, -0.05) is 35.9 Å². The summed E-state index contributed by atoms with van der Waals surface area (Å²) in [6, 6.07) is 12.5. The SMILES string of the molecule is Cc1ccc(CC(=O)O)cc1Oc1ccccc1Cl. The number of hydrogen-bond acceptors (Lipinski definition) is 2. The number of carboxylic acid groups (broad SMARTS) is 1. The summed E-state index contributed by atoms with van der Waals surface area (Å²) in [5.41, 5.74) is 1.62. The molecule has 4 heteroatoms. The van der Waals surface area contributed by atoms with Crippen LogP contribution in [0.25, 0.3) is 0 Å². The Morgan fingerprint density at radius 2 is 1.95 bits per heavy atom. The van der Waals surface area contributed by atoms with E-state index in [1.807, 2.05) is 25.1 Å². The minimum absolute atomic E-state index is 0.0286. The predicted octanol–water partition coefficient (Wildman–Crippen LogP) is 4.07. The second-order valence-electron chi connectivity index (χ2n) is 4.20. The third-order valence-corrected chi connectivity index (χ3v) is 2.98. The van der Waals surface area contributed by atoms with Gasteiger partial charge in [0, 0.05) is 0 Å². The molecule has 0 saturated heterocycles. The van der Waals surface area contributed by atoms with Crippen molar-refractivity contribution in [3.63, 3.8) is 0 Å². The largest absolute Gasteiger partial charge is 0.481 e. The van der Waals surface area contributed by atoms with Gasteiger partial charge >= 0.3 is 5.97 Å². The van der Waals surface area contributed by atoms with Gasteiger partial charge in [-0.25, -0.2) is 0 Å². The fourth-order valence-electron chi connectivity index (χ4n) is 1.69. The molecule has 0 radical (unpaired) electrons. The molecule has 2 rings (SSSR count). The number of carbonyl (C=O) groups is 1. The number of benzene rings is 2. The monoisotopic (exact) mass is 276 g/mol. The van der Waals surface area contributed by atoms with Gasteiger partial charge in [-0.15, -0.1) is 0 Å². The molecule has 0 unspecified atom stereocenters. The van der Waals surface area contributed by atoms with E-state index in [0.717, 1.165) is 5.56 Å². The molecular formula is C15H13ClO3. The highest BCUT2D eigenvalue weighted by molar-refractivity contribution is 6.32. The van der Waals surface area contributed by atoms with Gasteiger partial charge < -0.3 is 9.84 Å². The van der Waals surface area contributed by atoms with Crippen molar-refractivity contribution in [3.8, 4) is 11.5 Å². The Kier molecular flexibility index (Phi) is 4.07. The first-order valence-corrected chi connectivity index (χ1v) is 6.18. The fraction of sp³-hybridized carbons (Fsp3) is 0.133. The summed E-state index contributed by atoms with van der Waals surface area (Å²) >= 11 is 6.03. The zero-order valence-corrected chi connectivity index (χ0v) is 11.1. The standard InChI is InChI=1S/C15H13ClO3/c1-10-6-7-11(9-15(17)18)8-14(10)19-13-5-3-2-4-12(13)16/h2-8H,9H2,1H3,(H,17,18). The van der Waals surface area contributed by atoms with Crippen molar-refractivity contribution >= 4 is 17.6 Å². The summed E-state index contributed by atoms with van der Waals surface area (Å²) in [4.78, 5) is 10.7. The van der Waals surface area contributed by atoms with Crippen molar-refractivity contribution in [1.82, 2.24) is 0 Å². The van der Waals surface area contributed by atoms with Crippen LogP contribution in [0.4, 0.5) is 0 Å². The first kappa shape index (κ1) is 13.4. The lowest BCUT2D eigenvalue weighted by Crippen LogP contribution is -2.00. The van der Waals surface area contributed by atoms with E-state index in [1.54, 1.807) is 24.3 Å². The maximum Gasteiger partial charge on any atom is 0.307 e. The quantitative estimate of drug-likeness (QED) is 0.916. The molecule has 0 aliphatic rings. The van der Waals surface area contributed by atoms with Gasteiger partial charge in [0.05, 0.1) is 11.4 Å². The third kappa shape index (κ3) is 3.48. The Morgan fingerprint density at radius 1 is 1.21 bits per heavy atom. The molecule has 0 saturated carbocycles. The second-order valence-corrected chi connectivity index (χ2v) is 4.61. The van der Waals surface area contributed by atoms with Crippen LogP contribution >= 0.6 is 11.6 Å². The minimum atomic E-state index is -0.868. The summed E-state index contributed by atoms with van der Waals surface area (Å²) < 4.78 is 5.74. The predicted molar refractivity (Wildman–Crippen MR) is 74.0 cm³/mol. The van der Waals surface area contributed by atoms with Gasteiger partial charge in [0.2, 0.25) is 0 Å². The van der Waals surface area contributed by atoms with Crippen molar-refractivity contribution in [2.75, 3.05) is 0 Å². The molecule has 0 aliphatic heterocycles. The number of para-hydroxylation sites is 1. The molecule has 0 atom stereocenters. The van der Waals surface area contributed by atoms with E-state index in [-0.39, 0.29) is 6.42 Å². The van der Waals surface area contributed by atoms with Crippen molar-refractivity contribution in [2.45, 2.75) is 13.3 Å². The van der Waals surface area contributed by atoms with Crippen LogP contribution in [0, 0.1) is 6.92 Å². The average molecular weight is 277 g/mol. The highest BCUT2D eigenvalue weighted by Gasteiger charge is 2.08. The molecular weight excluding hydrogens is 264 g/mol. The van der Waals surface area contributed by atoms with E-state index in [9.17, 15) is 4.79 Å². The van der Waals surface area contributed by atoms with Crippen LogP contribution in [0.5, 0.6) is 11.5 Å². The van der Waals surface area contributed by atoms with Gasteiger partial charge in [-0.05, 0) is 36.2 Å². The molecule has 0 spiro atoms. The Morgan fingerprint density at radius 3 is 2.63 bits per heavy atom. The number of aliphatic carboxylic acids is 1. The fourth-order valence-corrected chi connectivity index (χ4v) is 1.86. The lowest BCUT2D eigenvalue weighted by atomic mass is 10.1. The van der Waals surface area contributed by atoms with Gasteiger partial charge in [0.1, 0.15) is 11.5 Å². The van der Waals surface area contributed by atoms with Crippen molar-refractivity contribution in [2.24, 2.45) is 0 Å². The molecule has 1 N–H and O–H groups in total. The minimum Gasteiger partial charge on any atom is -0.481 e. The average Bonchev–Trinajstić information content (AvgIpc) is 2.35. The van der Waals surface area contributed by atoms with Crippen LogP contribution in [-0.4, -0.2) is 11.1 Å². The van der Waals surface area contributed by atoms with E-state index >= 15 is 0 Å². The van der Waals surface area contributed by atoms with Crippen LogP contribution < -0.4 is 4.74 Å². The van der Waals surface area contributed by atoms with E-state index in [2.05, 4.69) is 0 Å². The highest BCUT2D eigenvalue weighted by Crippen LogP contribution is 2.31. The zero-order valence-electron chi connectivity index (χ0n) is 10.4. The molecule has 0 aromatic heterocycles. The van der Waals surface area contributed by atoms with Crippen LogP contribution in [-0.2, 0) is 11.2 Å². The maximum atomic E-state index is 10.7. The molecule has 98 valence electrons. The van der Waals surface area contributed by atoms with Crippen molar-refractivity contribution in [1.29, 1.82) is 0 Å². The van der Waals surface area contributed by atoms with E-state index in [4.69, 9.17) is 21.4 Å². The smallest absolute Gasteiger partial charge is 0.307 e. The van der Waals surface area contributed by atoms with Gasteiger partial charge in [-0.2, -0.15) is 0 Å². The number of ether oxygens (including phenoxy) is 1. The molecule has 0 bridgehead atoms. The van der Waals surface area contributed by atoms with E-state index in [1.165, 1.54) is 0 Å². The van der Waals surface area contributed by atoms with E-state index < -0.39 is 5.97 Å². The van der Waals surface area contributed by atoms with Gasteiger partial charge in [0.25, 0.3) is 0 Å². The molecule has 0 fully saturated rings. The number of hydrogen-bond donors (Lipinski definition) is 1. The molecule has 0 amide bonds. The molecule has 0 aliphatic carbocycles. The summed E-state index contributed by atoms with van der Waals surface area (Å²) in [7, 11) is 0. The Hall–Kier alpha value is -2.00. The second kappa shape index (κ2) is 5.76. The molecule has 0 heterocycles. The first-order chi connectivity index (χ1) is 9.06. The lowest BCUT2D eigenvalue weighted by molar-refractivity contribution is -0.136. The topological polar surface area (TPSA) is 46.5 Å². The Balaban J connectivity index is 2.29. The molecule has 19 heavy (non-hydrogen) atoms. The lowest BCUT2D eigenvalue weighted by Gasteiger charge is -2.11. The molecule has 2 aromatic carbocycles. The third-order valence-electron chi connectivity index (χ3n) is 2.66. The Labute approximate surface area is 116 Å². The molecule has 2 aromatic rings. The van der Waals surface area contributed by atoms with Gasteiger partial charge in [-0.3, -0.25) is 4.79 Å². The number of aryl methyl sites for hydroxylation is 1. The van der Waals surface area contributed by atoms with Crippen LogP contribution in [0.2, 0.25) is 5.02 Å². The van der Waals surface area contributed by atoms with E-state index in [0.29, 0.717) is 22.1 Å². The Bertz CT molecular complexity index is 608. The highest BCUT2D eigenvalue weighted by atomic mass is 35.5.